The van der Waals surface area contributed by atoms with Crippen LogP contribution in [0.3, 0.4) is 0 Å². The van der Waals surface area contributed by atoms with Crippen molar-refractivity contribution in [3.8, 4) is 0 Å². The van der Waals surface area contributed by atoms with Gasteiger partial charge in [-0.15, -0.1) is 0 Å². The van der Waals surface area contributed by atoms with Crippen LogP contribution in [0.4, 0.5) is 0 Å². The van der Waals surface area contributed by atoms with Crippen molar-refractivity contribution in [1.29, 1.82) is 0 Å². The van der Waals surface area contributed by atoms with Crippen LogP contribution in [0, 0.1) is 0 Å². The van der Waals surface area contributed by atoms with Crippen LogP contribution in [0.5, 0.6) is 0 Å². The highest BCUT2D eigenvalue weighted by atomic mass is 15.3. The molecule has 0 aliphatic carbocycles. The Labute approximate surface area is 109 Å². The molecule has 2 aliphatic rings. The number of likely N-dealkylation sites (tertiary alicyclic amines) is 1. The zero-order valence-electron chi connectivity index (χ0n) is 11.5. The van der Waals surface area contributed by atoms with Gasteiger partial charge in [0, 0.05) is 44.0 Å². The number of nitrogens with one attached hydrogen (secondary N) is 1. The maximum Gasteiger partial charge on any atom is 0.0527 e. The minimum absolute atomic E-state index is 0.455. The van der Waals surface area contributed by atoms with Crippen molar-refractivity contribution in [2.24, 2.45) is 0 Å². The van der Waals surface area contributed by atoms with Crippen molar-refractivity contribution in [2.45, 2.75) is 57.8 Å². The number of aromatic nitrogens is 2. The highest BCUT2D eigenvalue weighted by Crippen LogP contribution is 2.21. The summed E-state index contributed by atoms with van der Waals surface area (Å²) in [6, 6.07) is 4.11. The summed E-state index contributed by atoms with van der Waals surface area (Å²) in [7, 11) is 0. The predicted molar refractivity (Wildman–Crippen MR) is 72.5 cm³/mol. The van der Waals surface area contributed by atoms with Gasteiger partial charge in [-0.25, -0.2) is 0 Å². The second-order valence-electron chi connectivity index (χ2n) is 6.02. The number of hydrogen-bond acceptors (Lipinski definition) is 3. The van der Waals surface area contributed by atoms with Crippen molar-refractivity contribution in [3.05, 3.63) is 18.0 Å². The molecule has 0 amide bonds. The summed E-state index contributed by atoms with van der Waals surface area (Å²) in [5.74, 6) is 0. The summed E-state index contributed by atoms with van der Waals surface area (Å²) in [5.41, 5.74) is 1.35. The minimum Gasteiger partial charge on any atom is -0.310 e. The Balaban J connectivity index is 1.67. The van der Waals surface area contributed by atoms with E-state index in [0.717, 1.165) is 12.6 Å². The fourth-order valence-corrected chi connectivity index (χ4v) is 3.32. The number of nitrogens with zero attached hydrogens (tertiary/aromatic N) is 3. The molecule has 1 aromatic heterocycles. The van der Waals surface area contributed by atoms with Crippen LogP contribution in [0.1, 0.15) is 44.8 Å². The van der Waals surface area contributed by atoms with Gasteiger partial charge in [0.05, 0.1) is 5.69 Å². The average molecular weight is 248 g/mol. The van der Waals surface area contributed by atoms with Crippen LogP contribution in [0.15, 0.2) is 12.3 Å². The van der Waals surface area contributed by atoms with Crippen LogP contribution in [0.2, 0.25) is 0 Å². The van der Waals surface area contributed by atoms with E-state index in [1.54, 1.807) is 0 Å². The Morgan fingerprint density at radius 2 is 2.17 bits per heavy atom. The van der Waals surface area contributed by atoms with E-state index in [9.17, 15) is 0 Å². The van der Waals surface area contributed by atoms with Crippen molar-refractivity contribution >= 4 is 0 Å². The second kappa shape index (κ2) is 5.02. The molecule has 2 saturated heterocycles. The molecule has 2 atom stereocenters. The third kappa shape index (κ3) is 2.45. The quantitative estimate of drug-likeness (QED) is 0.885. The molecule has 2 unspecified atom stereocenters. The van der Waals surface area contributed by atoms with Gasteiger partial charge in [-0.05, 0) is 39.2 Å². The molecular formula is C14H24N4. The van der Waals surface area contributed by atoms with E-state index in [1.807, 2.05) is 6.20 Å². The van der Waals surface area contributed by atoms with Crippen LogP contribution >= 0.6 is 0 Å². The minimum atomic E-state index is 0.455. The Morgan fingerprint density at radius 3 is 3.00 bits per heavy atom. The Hall–Kier alpha value is -0.870. The first-order valence-electron chi connectivity index (χ1n) is 7.23. The molecule has 4 heteroatoms. The largest absolute Gasteiger partial charge is 0.310 e. The van der Waals surface area contributed by atoms with E-state index in [2.05, 4.69) is 39.9 Å². The summed E-state index contributed by atoms with van der Waals surface area (Å²) in [6.45, 7) is 7.85. The third-order valence-electron chi connectivity index (χ3n) is 4.23. The molecule has 3 rings (SSSR count). The molecule has 3 heterocycles. The zero-order chi connectivity index (χ0) is 12.5. The summed E-state index contributed by atoms with van der Waals surface area (Å²) in [4.78, 5) is 2.59. The maximum absolute atomic E-state index is 4.43. The SMILES string of the molecule is CC(C)n1nccc1CN1CCC2CCC(C1)N2. The fraction of sp³-hybridized carbons (Fsp3) is 0.786. The van der Waals surface area contributed by atoms with E-state index >= 15 is 0 Å². The summed E-state index contributed by atoms with van der Waals surface area (Å²) < 4.78 is 2.15. The number of rotatable bonds is 3. The molecule has 0 spiro atoms. The lowest BCUT2D eigenvalue weighted by Crippen LogP contribution is -2.35. The van der Waals surface area contributed by atoms with E-state index in [-0.39, 0.29) is 0 Å². The van der Waals surface area contributed by atoms with Crippen LogP contribution in [-0.2, 0) is 6.54 Å². The summed E-state index contributed by atoms with van der Waals surface area (Å²) in [5, 5.41) is 8.16. The van der Waals surface area contributed by atoms with Gasteiger partial charge in [0.1, 0.15) is 0 Å². The molecule has 0 saturated carbocycles. The maximum atomic E-state index is 4.43. The molecule has 4 nitrogen and oxygen atoms in total. The monoisotopic (exact) mass is 248 g/mol. The van der Waals surface area contributed by atoms with Gasteiger partial charge in [0.2, 0.25) is 0 Å². The van der Waals surface area contributed by atoms with Gasteiger partial charge < -0.3 is 5.32 Å². The molecular weight excluding hydrogens is 224 g/mol. The van der Waals surface area contributed by atoms with Gasteiger partial charge in [-0.1, -0.05) is 0 Å². The smallest absolute Gasteiger partial charge is 0.0527 e. The molecule has 0 aromatic carbocycles. The second-order valence-corrected chi connectivity index (χ2v) is 6.02. The predicted octanol–water partition coefficient (Wildman–Crippen LogP) is 1.79. The first-order valence-corrected chi connectivity index (χ1v) is 7.23. The lowest BCUT2D eigenvalue weighted by Gasteiger charge is -2.24. The van der Waals surface area contributed by atoms with Crippen LogP contribution < -0.4 is 5.32 Å². The van der Waals surface area contributed by atoms with Crippen molar-refractivity contribution in [2.75, 3.05) is 13.1 Å². The molecule has 2 fully saturated rings. The standard InChI is InChI=1S/C14H24N4/c1-11(2)18-14(5-7-15-18)10-17-8-6-12-3-4-13(9-17)16-12/h5,7,11-13,16H,3-4,6,8-10H2,1-2H3. The highest BCUT2D eigenvalue weighted by molar-refractivity contribution is 5.02. The first kappa shape index (κ1) is 12.2. The number of fused-ring (bicyclic) bond motifs is 2. The molecule has 2 aliphatic heterocycles. The molecule has 0 radical (unpaired) electrons. The lowest BCUT2D eigenvalue weighted by molar-refractivity contribution is 0.241. The lowest BCUT2D eigenvalue weighted by atomic mass is 10.1. The van der Waals surface area contributed by atoms with Crippen LogP contribution in [-0.4, -0.2) is 39.9 Å². The fourth-order valence-electron chi connectivity index (χ4n) is 3.32. The number of hydrogen-bond donors (Lipinski definition) is 1. The summed E-state index contributed by atoms with van der Waals surface area (Å²) >= 11 is 0. The van der Waals surface area contributed by atoms with E-state index in [1.165, 1.54) is 38.0 Å². The van der Waals surface area contributed by atoms with Gasteiger partial charge in [-0.3, -0.25) is 9.58 Å². The van der Waals surface area contributed by atoms with Gasteiger partial charge in [-0.2, -0.15) is 5.10 Å². The first-order chi connectivity index (χ1) is 8.72. The topological polar surface area (TPSA) is 33.1 Å². The highest BCUT2D eigenvalue weighted by Gasteiger charge is 2.29. The van der Waals surface area contributed by atoms with Crippen LogP contribution in [0.25, 0.3) is 0 Å². The third-order valence-corrected chi connectivity index (χ3v) is 4.23. The van der Waals surface area contributed by atoms with E-state index in [4.69, 9.17) is 0 Å². The van der Waals surface area contributed by atoms with E-state index < -0.39 is 0 Å². The van der Waals surface area contributed by atoms with E-state index in [0.29, 0.717) is 12.1 Å². The Morgan fingerprint density at radius 1 is 1.33 bits per heavy atom. The molecule has 1 aromatic rings. The normalized spacial score (nSPS) is 28.8. The molecule has 1 N–H and O–H groups in total. The van der Waals surface area contributed by atoms with Crippen molar-refractivity contribution < 1.29 is 0 Å². The van der Waals surface area contributed by atoms with Crippen molar-refractivity contribution in [1.82, 2.24) is 20.0 Å². The molecule has 100 valence electrons. The average Bonchev–Trinajstić information content (AvgIpc) is 2.88. The van der Waals surface area contributed by atoms with Gasteiger partial charge >= 0.3 is 0 Å². The van der Waals surface area contributed by atoms with Gasteiger partial charge in [0.25, 0.3) is 0 Å². The Kier molecular flexibility index (Phi) is 3.39. The molecule has 18 heavy (non-hydrogen) atoms. The zero-order valence-corrected chi connectivity index (χ0v) is 11.5. The summed E-state index contributed by atoms with van der Waals surface area (Å²) in [6.07, 6.45) is 5.96. The molecule has 2 bridgehead atoms. The van der Waals surface area contributed by atoms with Gasteiger partial charge in [0.15, 0.2) is 0 Å². The Bertz CT molecular complexity index is 398. The van der Waals surface area contributed by atoms with Crippen molar-refractivity contribution in [3.63, 3.8) is 0 Å².